The van der Waals surface area contributed by atoms with E-state index in [0.717, 1.165) is 18.6 Å². The van der Waals surface area contributed by atoms with Crippen LogP contribution in [0.1, 0.15) is 46.5 Å². The van der Waals surface area contributed by atoms with E-state index in [-0.39, 0.29) is 10.9 Å². The van der Waals surface area contributed by atoms with Crippen LogP contribution < -0.4 is 0 Å². The highest BCUT2D eigenvalue weighted by Gasteiger charge is 2.42. The van der Waals surface area contributed by atoms with Crippen LogP contribution in [0.5, 0.6) is 0 Å². The third-order valence-electron chi connectivity index (χ3n) is 3.96. The van der Waals surface area contributed by atoms with E-state index in [4.69, 9.17) is 4.74 Å². The predicted molar refractivity (Wildman–Crippen MR) is 72.5 cm³/mol. The van der Waals surface area contributed by atoms with Crippen molar-refractivity contribution in [3.8, 4) is 0 Å². The molecule has 3 heteroatoms. The summed E-state index contributed by atoms with van der Waals surface area (Å²) in [5, 5.41) is 0.0607. The van der Waals surface area contributed by atoms with Crippen molar-refractivity contribution < 1.29 is 9.53 Å². The first kappa shape index (κ1) is 13.9. The van der Waals surface area contributed by atoms with Gasteiger partial charge in [-0.1, -0.05) is 20.8 Å². The predicted octanol–water partition coefficient (Wildman–Crippen LogP) is 4.18. The van der Waals surface area contributed by atoms with E-state index in [9.17, 15) is 4.79 Å². The van der Waals surface area contributed by atoms with Crippen LogP contribution in [0.3, 0.4) is 0 Å². The quantitative estimate of drug-likeness (QED) is 0.698. The molecule has 1 aliphatic rings. The smallest absolute Gasteiger partial charge is 0.349 e. The van der Waals surface area contributed by atoms with Gasteiger partial charge in [-0.05, 0) is 49.9 Å². The molecular weight excluding hydrogens is 220 g/mol. The van der Waals surface area contributed by atoms with Gasteiger partial charge in [-0.25, -0.2) is 4.79 Å². The number of carbonyl (C=O) groups is 1. The molecule has 0 aliphatic heterocycles. The molecule has 16 heavy (non-hydrogen) atoms. The molecule has 1 aliphatic carbocycles. The van der Waals surface area contributed by atoms with Crippen molar-refractivity contribution >= 4 is 15.3 Å². The van der Waals surface area contributed by atoms with Crippen molar-refractivity contribution in [2.24, 2.45) is 5.92 Å². The topological polar surface area (TPSA) is 26.3 Å². The molecule has 0 aromatic heterocycles. The summed E-state index contributed by atoms with van der Waals surface area (Å²) in [6.45, 7) is 6.42. The number of hydrogen-bond donors (Lipinski definition) is 0. The Morgan fingerprint density at radius 1 is 1.31 bits per heavy atom. The van der Waals surface area contributed by atoms with Crippen molar-refractivity contribution in [1.82, 2.24) is 0 Å². The normalized spacial score (nSPS) is 21.1. The molecule has 1 saturated carbocycles. The van der Waals surface area contributed by atoms with Gasteiger partial charge in [0.1, 0.15) is 5.60 Å². The molecule has 0 heterocycles. The lowest BCUT2D eigenvalue weighted by Crippen LogP contribution is -2.38. The van der Waals surface area contributed by atoms with Crippen molar-refractivity contribution in [2.45, 2.75) is 52.1 Å². The first-order chi connectivity index (χ1) is 7.34. The lowest BCUT2D eigenvalue weighted by Gasteiger charge is -2.37. The summed E-state index contributed by atoms with van der Waals surface area (Å²) in [4.78, 5) is 12.2. The Morgan fingerprint density at radius 2 is 1.81 bits per heavy atom. The van der Waals surface area contributed by atoms with E-state index < -0.39 is 10.0 Å². The van der Waals surface area contributed by atoms with Crippen LogP contribution in [0, 0.1) is 5.92 Å². The molecule has 0 atom stereocenters. The second-order valence-electron chi connectivity index (χ2n) is 5.61. The second kappa shape index (κ2) is 4.99. The Labute approximate surface area is 101 Å². The monoisotopic (exact) mass is 246 g/mol. The van der Waals surface area contributed by atoms with Crippen LogP contribution in [-0.2, 0) is 4.74 Å². The van der Waals surface area contributed by atoms with Crippen LogP contribution in [0.25, 0.3) is 0 Å². The fraction of sp³-hybridized carbons (Fsp3) is 0.923. The molecule has 2 nitrogen and oxygen atoms in total. The van der Waals surface area contributed by atoms with Gasteiger partial charge in [0.25, 0.3) is 0 Å². The molecule has 0 N–H and O–H groups in total. The van der Waals surface area contributed by atoms with Crippen molar-refractivity contribution in [3.05, 3.63) is 0 Å². The minimum atomic E-state index is -1.22. The Kier molecular flexibility index (Phi) is 4.33. The van der Waals surface area contributed by atoms with Gasteiger partial charge < -0.3 is 4.74 Å². The summed E-state index contributed by atoms with van der Waals surface area (Å²) < 4.78 is 5.91. The summed E-state index contributed by atoms with van der Waals surface area (Å²) >= 11 is 0. The molecule has 0 aromatic rings. The summed E-state index contributed by atoms with van der Waals surface area (Å²) in [6, 6.07) is 0. The minimum absolute atomic E-state index is 0.0607. The van der Waals surface area contributed by atoms with E-state index >= 15 is 0 Å². The largest absolute Gasteiger partial charge is 0.452 e. The third kappa shape index (κ3) is 2.73. The fourth-order valence-corrected chi connectivity index (χ4v) is 2.79. The van der Waals surface area contributed by atoms with Crippen LogP contribution >= 0.6 is 10.0 Å². The fourth-order valence-electron chi connectivity index (χ4n) is 2.17. The zero-order valence-electron chi connectivity index (χ0n) is 11.3. The van der Waals surface area contributed by atoms with Gasteiger partial charge >= 0.3 is 5.30 Å². The highest BCUT2D eigenvalue weighted by Crippen LogP contribution is 2.47. The molecule has 1 rings (SSSR count). The molecule has 0 radical (unpaired) electrons. The van der Waals surface area contributed by atoms with Crippen LogP contribution in [0.15, 0.2) is 0 Å². The Hall–Kier alpha value is -0.180. The molecule has 0 spiro atoms. The van der Waals surface area contributed by atoms with Gasteiger partial charge in [-0.3, -0.25) is 0 Å². The van der Waals surface area contributed by atoms with Crippen LogP contribution in [0.4, 0.5) is 4.79 Å². The van der Waals surface area contributed by atoms with Crippen molar-refractivity contribution in [3.63, 3.8) is 0 Å². The molecule has 0 amide bonds. The lowest BCUT2D eigenvalue weighted by molar-refractivity contribution is -0.00516. The first-order valence-corrected chi connectivity index (χ1v) is 8.90. The Balaban J connectivity index is 2.74. The average Bonchev–Trinajstić information content (AvgIpc) is 2.67. The third-order valence-corrected chi connectivity index (χ3v) is 6.39. The van der Waals surface area contributed by atoms with Gasteiger partial charge in [-0.2, -0.15) is 0 Å². The maximum atomic E-state index is 12.2. The van der Waals surface area contributed by atoms with E-state index in [0.29, 0.717) is 5.92 Å². The molecule has 0 bridgehead atoms. The Morgan fingerprint density at radius 3 is 2.19 bits per heavy atom. The molecular formula is C13H26O2S. The molecule has 96 valence electrons. The maximum absolute atomic E-state index is 12.2. The van der Waals surface area contributed by atoms with Gasteiger partial charge in [0.15, 0.2) is 0 Å². The second-order valence-corrected chi connectivity index (χ2v) is 9.59. The van der Waals surface area contributed by atoms with Crippen LogP contribution in [0.2, 0.25) is 0 Å². The van der Waals surface area contributed by atoms with Gasteiger partial charge in [0.2, 0.25) is 0 Å². The molecule has 0 aromatic carbocycles. The molecule has 0 saturated heterocycles. The first-order valence-electron chi connectivity index (χ1n) is 6.28. The SMILES string of the molecule is CCS(C)(C)C(=O)OC1(C(C)C)CCCC1. The number of carbonyl (C=O) groups excluding carboxylic acids is 1. The molecule has 0 unspecified atom stereocenters. The number of hydrogen-bond acceptors (Lipinski definition) is 2. The van der Waals surface area contributed by atoms with Gasteiger partial charge in [0, 0.05) is 0 Å². The summed E-state index contributed by atoms with van der Waals surface area (Å²) in [6.07, 6.45) is 8.61. The summed E-state index contributed by atoms with van der Waals surface area (Å²) in [5.74, 6) is 1.35. The van der Waals surface area contributed by atoms with E-state index in [1.54, 1.807) is 0 Å². The standard InChI is InChI=1S/C13H26O2S/c1-6-16(4,5)12(14)15-13(11(2)3)9-7-8-10-13/h11H,6-10H2,1-5H3. The van der Waals surface area contributed by atoms with Gasteiger partial charge in [0.05, 0.1) is 0 Å². The maximum Gasteiger partial charge on any atom is 0.349 e. The van der Waals surface area contributed by atoms with E-state index in [1.807, 2.05) is 0 Å². The number of ether oxygens (including phenoxy) is 1. The number of rotatable bonds is 3. The highest BCUT2D eigenvalue weighted by atomic mass is 32.3. The highest BCUT2D eigenvalue weighted by molar-refractivity contribution is 8.44. The van der Waals surface area contributed by atoms with Crippen molar-refractivity contribution in [1.29, 1.82) is 0 Å². The summed E-state index contributed by atoms with van der Waals surface area (Å²) in [7, 11) is -1.22. The minimum Gasteiger partial charge on any atom is -0.452 e. The van der Waals surface area contributed by atoms with Crippen molar-refractivity contribution in [2.75, 3.05) is 18.3 Å². The summed E-state index contributed by atoms with van der Waals surface area (Å²) in [5.41, 5.74) is -0.156. The van der Waals surface area contributed by atoms with E-state index in [2.05, 4.69) is 33.3 Å². The average molecular weight is 246 g/mol. The molecule has 1 fully saturated rings. The zero-order chi connectivity index (χ0) is 12.4. The van der Waals surface area contributed by atoms with Crippen LogP contribution in [-0.4, -0.2) is 29.2 Å². The Bertz CT molecular complexity index is 253. The van der Waals surface area contributed by atoms with Gasteiger partial charge in [-0.15, -0.1) is 10.0 Å². The lowest BCUT2D eigenvalue weighted by atomic mass is 9.89. The zero-order valence-corrected chi connectivity index (χ0v) is 12.2. The van der Waals surface area contributed by atoms with E-state index in [1.165, 1.54) is 12.8 Å².